The molecule has 4 nitrogen and oxygen atoms in total. The summed E-state index contributed by atoms with van der Waals surface area (Å²) in [7, 11) is 1.67. The third-order valence-electron chi connectivity index (χ3n) is 2.36. The molecule has 0 spiro atoms. The highest BCUT2D eigenvalue weighted by atomic mass is 35.5. The van der Waals surface area contributed by atoms with Crippen molar-refractivity contribution in [2.45, 2.75) is 10.1 Å². The highest BCUT2D eigenvalue weighted by Gasteiger charge is 2.07. The fourth-order valence-corrected chi connectivity index (χ4v) is 3.71. The van der Waals surface area contributed by atoms with Crippen LogP contribution in [0.1, 0.15) is 5.56 Å². The molecule has 0 fully saturated rings. The standard InChI is InChI=1S/C12H13Cl2N3OS2/c1-18-5-4-15-11-16-17-12(20-11)19-7-8-2-3-9(13)6-10(8)14/h2-3,6H,4-5,7H2,1H3,(H,15,16). The van der Waals surface area contributed by atoms with Crippen molar-refractivity contribution in [3.63, 3.8) is 0 Å². The Kier molecular flexibility index (Phi) is 6.38. The summed E-state index contributed by atoms with van der Waals surface area (Å²) in [5.41, 5.74) is 1.03. The number of aromatic nitrogens is 2. The van der Waals surface area contributed by atoms with Crippen LogP contribution in [0.15, 0.2) is 22.5 Å². The van der Waals surface area contributed by atoms with Crippen molar-refractivity contribution in [1.29, 1.82) is 0 Å². The molecule has 108 valence electrons. The molecule has 0 amide bonds. The van der Waals surface area contributed by atoms with Gasteiger partial charge in [0.25, 0.3) is 0 Å². The third kappa shape index (κ3) is 4.79. The summed E-state index contributed by atoms with van der Waals surface area (Å²) < 4.78 is 5.86. The molecule has 1 aromatic heterocycles. The van der Waals surface area contributed by atoms with E-state index in [2.05, 4.69) is 15.5 Å². The van der Waals surface area contributed by atoms with Gasteiger partial charge in [-0.1, -0.05) is 52.4 Å². The number of anilines is 1. The number of halogens is 2. The zero-order valence-corrected chi connectivity index (χ0v) is 13.9. The average Bonchev–Trinajstić information content (AvgIpc) is 2.86. The molecule has 20 heavy (non-hydrogen) atoms. The molecular formula is C12H13Cl2N3OS2. The Morgan fingerprint density at radius 3 is 2.95 bits per heavy atom. The molecule has 8 heteroatoms. The van der Waals surface area contributed by atoms with Crippen molar-refractivity contribution in [3.05, 3.63) is 33.8 Å². The van der Waals surface area contributed by atoms with Crippen LogP contribution in [0.4, 0.5) is 5.13 Å². The largest absolute Gasteiger partial charge is 0.383 e. The normalized spacial score (nSPS) is 10.8. The lowest BCUT2D eigenvalue weighted by Gasteiger charge is -2.02. The molecular weight excluding hydrogens is 337 g/mol. The maximum absolute atomic E-state index is 6.13. The highest BCUT2D eigenvalue weighted by Crippen LogP contribution is 2.31. The van der Waals surface area contributed by atoms with Gasteiger partial charge in [-0.2, -0.15) is 0 Å². The first kappa shape index (κ1) is 15.9. The summed E-state index contributed by atoms with van der Waals surface area (Å²) in [5.74, 6) is 0.739. The molecule has 0 aliphatic carbocycles. The van der Waals surface area contributed by atoms with Crippen LogP contribution in [-0.4, -0.2) is 30.5 Å². The van der Waals surface area contributed by atoms with Crippen molar-refractivity contribution in [2.75, 3.05) is 25.6 Å². The molecule has 0 unspecified atom stereocenters. The van der Waals surface area contributed by atoms with Crippen LogP contribution in [0.2, 0.25) is 10.0 Å². The number of nitrogens with zero attached hydrogens (tertiary/aromatic N) is 2. The van der Waals surface area contributed by atoms with Crippen LogP contribution < -0.4 is 5.32 Å². The number of benzene rings is 1. The fourth-order valence-electron chi connectivity index (χ4n) is 1.38. The molecule has 0 saturated carbocycles. The van der Waals surface area contributed by atoms with E-state index in [0.717, 1.165) is 27.3 Å². The van der Waals surface area contributed by atoms with E-state index in [0.29, 0.717) is 16.7 Å². The van der Waals surface area contributed by atoms with Gasteiger partial charge >= 0.3 is 0 Å². The summed E-state index contributed by atoms with van der Waals surface area (Å²) in [6.45, 7) is 1.36. The van der Waals surface area contributed by atoms with Crippen LogP contribution in [-0.2, 0) is 10.5 Å². The van der Waals surface area contributed by atoms with Crippen molar-refractivity contribution in [2.24, 2.45) is 0 Å². The van der Waals surface area contributed by atoms with Gasteiger partial charge in [0.15, 0.2) is 4.34 Å². The molecule has 0 aliphatic heterocycles. The van der Waals surface area contributed by atoms with E-state index < -0.39 is 0 Å². The minimum Gasteiger partial charge on any atom is -0.383 e. The van der Waals surface area contributed by atoms with Crippen LogP contribution in [0.25, 0.3) is 0 Å². The fraction of sp³-hybridized carbons (Fsp3) is 0.333. The summed E-state index contributed by atoms with van der Waals surface area (Å²) in [6, 6.07) is 5.51. The predicted molar refractivity (Wildman–Crippen MR) is 86.3 cm³/mol. The summed E-state index contributed by atoms with van der Waals surface area (Å²) in [6.07, 6.45) is 0. The van der Waals surface area contributed by atoms with Crippen molar-refractivity contribution < 1.29 is 4.74 Å². The van der Waals surface area contributed by atoms with Gasteiger partial charge < -0.3 is 10.1 Å². The maximum atomic E-state index is 6.13. The van der Waals surface area contributed by atoms with Gasteiger partial charge in [-0.15, -0.1) is 10.2 Å². The zero-order valence-electron chi connectivity index (χ0n) is 10.7. The summed E-state index contributed by atoms with van der Waals surface area (Å²) in [5, 5.41) is 13.4. The average molecular weight is 350 g/mol. The lowest BCUT2D eigenvalue weighted by Crippen LogP contribution is -2.06. The van der Waals surface area contributed by atoms with Gasteiger partial charge in [0.1, 0.15) is 0 Å². The van der Waals surface area contributed by atoms with E-state index in [9.17, 15) is 0 Å². The number of hydrogen-bond donors (Lipinski definition) is 1. The van der Waals surface area contributed by atoms with Gasteiger partial charge in [0, 0.05) is 29.5 Å². The number of hydrogen-bond acceptors (Lipinski definition) is 6. The second kappa shape index (κ2) is 8.05. The first-order chi connectivity index (χ1) is 9.69. The Labute approximate surface area is 135 Å². The van der Waals surface area contributed by atoms with E-state index in [-0.39, 0.29) is 0 Å². The summed E-state index contributed by atoms with van der Waals surface area (Å²) in [4.78, 5) is 0. The van der Waals surface area contributed by atoms with Crippen LogP contribution >= 0.6 is 46.3 Å². The van der Waals surface area contributed by atoms with Crippen LogP contribution in [0, 0.1) is 0 Å². The molecule has 1 N–H and O–H groups in total. The minimum absolute atomic E-state index is 0.641. The molecule has 1 heterocycles. The second-order valence-electron chi connectivity index (χ2n) is 3.82. The SMILES string of the molecule is COCCNc1nnc(SCc2ccc(Cl)cc2Cl)s1. The van der Waals surface area contributed by atoms with Gasteiger partial charge in [-0.3, -0.25) is 0 Å². The second-order valence-corrected chi connectivity index (χ2v) is 6.86. The summed E-state index contributed by atoms with van der Waals surface area (Å²) >= 11 is 15.1. The zero-order chi connectivity index (χ0) is 14.4. The van der Waals surface area contributed by atoms with Crippen molar-refractivity contribution in [1.82, 2.24) is 10.2 Å². The highest BCUT2D eigenvalue weighted by molar-refractivity contribution is 8.00. The Bertz CT molecular complexity index is 565. The minimum atomic E-state index is 0.641. The van der Waals surface area contributed by atoms with Gasteiger partial charge in [-0.25, -0.2) is 0 Å². The predicted octanol–water partition coefficient (Wildman–Crippen LogP) is 4.20. The number of thioether (sulfide) groups is 1. The van der Waals surface area contributed by atoms with E-state index in [1.54, 1.807) is 24.9 Å². The Morgan fingerprint density at radius 1 is 1.35 bits per heavy atom. The van der Waals surface area contributed by atoms with Crippen LogP contribution in [0.3, 0.4) is 0 Å². The maximum Gasteiger partial charge on any atom is 0.206 e. The molecule has 0 saturated heterocycles. The van der Waals surface area contributed by atoms with Crippen molar-refractivity contribution >= 4 is 51.4 Å². The van der Waals surface area contributed by atoms with E-state index in [1.807, 2.05) is 12.1 Å². The molecule has 0 radical (unpaired) electrons. The van der Waals surface area contributed by atoms with Crippen LogP contribution in [0.5, 0.6) is 0 Å². The Morgan fingerprint density at radius 2 is 2.20 bits per heavy atom. The quantitative estimate of drug-likeness (QED) is 0.599. The third-order valence-corrected chi connectivity index (χ3v) is 5.01. The Hall–Kier alpha value is -0.530. The topological polar surface area (TPSA) is 47.0 Å². The van der Waals surface area contributed by atoms with E-state index >= 15 is 0 Å². The van der Waals surface area contributed by atoms with Gasteiger partial charge in [-0.05, 0) is 17.7 Å². The molecule has 0 aliphatic rings. The molecule has 0 bridgehead atoms. The molecule has 0 atom stereocenters. The van der Waals surface area contributed by atoms with Crippen molar-refractivity contribution in [3.8, 4) is 0 Å². The first-order valence-electron chi connectivity index (χ1n) is 5.82. The molecule has 2 rings (SSSR count). The number of ether oxygens (including phenoxy) is 1. The lowest BCUT2D eigenvalue weighted by atomic mass is 10.2. The number of methoxy groups -OCH3 is 1. The van der Waals surface area contributed by atoms with Gasteiger partial charge in [0.2, 0.25) is 5.13 Å². The Balaban J connectivity index is 1.87. The van der Waals surface area contributed by atoms with Gasteiger partial charge in [0.05, 0.1) is 6.61 Å². The number of rotatable bonds is 7. The first-order valence-corrected chi connectivity index (χ1v) is 8.38. The number of nitrogens with one attached hydrogen (secondary N) is 1. The van der Waals surface area contributed by atoms with E-state index in [4.69, 9.17) is 27.9 Å². The lowest BCUT2D eigenvalue weighted by molar-refractivity contribution is 0.211. The monoisotopic (exact) mass is 349 g/mol. The smallest absolute Gasteiger partial charge is 0.206 e. The molecule has 2 aromatic rings. The van der Waals surface area contributed by atoms with E-state index in [1.165, 1.54) is 11.3 Å². The molecule has 1 aromatic carbocycles.